The Morgan fingerprint density at radius 3 is 2.23 bits per heavy atom. The molecule has 0 spiro atoms. The van der Waals surface area contributed by atoms with Crippen molar-refractivity contribution in [2.45, 2.75) is 200 Å². The Balaban J connectivity index is 1.00. The van der Waals surface area contributed by atoms with Crippen molar-refractivity contribution in [3.63, 3.8) is 0 Å². The minimum absolute atomic E-state index is 0.0799. The molecule has 0 amide bonds. The van der Waals surface area contributed by atoms with Gasteiger partial charge in [-0.25, -0.2) is 0 Å². The Bertz CT molecular complexity index is 2410. The van der Waals surface area contributed by atoms with Gasteiger partial charge in [-0.1, -0.05) is 78.5 Å². The van der Waals surface area contributed by atoms with Crippen molar-refractivity contribution in [2.24, 2.45) is 51.2 Å². The number of ketones is 2. The highest BCUT2D eigenvalue weighted by atomic mass is 16.6. The number of benzene rings is 1. The number of aromatic amines is 1. The summed E-state index contributed by atoms with van der Waals surface area (Å²) in [6, 6.07) is 9.71. The van der Waals surface area contributed by atoms with Gasteiger partial charge in [0.05, 0.1) is 28.8 Å². The predicted molar refractivity (Wildman–Crippen MR) is 259 cm³/mol. The third-order valence-corrected chi connectivity index (χ3v) is 21.2. The molecule has 66 heavy (non-hydrogen) atoms. The Morgan fingerprint density at radius 1 is 0.879 bits per heavy atom. The van der Waals surface area contributed by atoms with Gasteiger partial charge in [-0.05, 0) is 164 Å². The first-order valence-corrected chi connectivity index (χ1v) is 26.7. The third kappa shape index (κ3) is 6.92. The van der Waals surface area contributed by atoms with Crippen molar-refractivity contribution in [1.29, 1.82) is 0 Å². The molecule has 8 aliphatic rings. The zero-order valence-corrected chi connectivity index (χ0v) is 41.4. The van der Waals surface area contributed by atoms with Crippen LogP contribution in [0.2, 0.25) is 0 Å². The van der Waals surface area contributed by atoms with Gasteiger partial charge in [-0.2, -0.15) is 0 Å². The van der Waals surface area contributed by atoms with E-state index < -0.39 is 17.6 Å². The number of Topliss-reactive ketones (excluding diaryl/α,β-unsaturated/α-hetero) is 2. The number of ether oxygens (including phenoxy) is 2. The lowest BCUT2D eigenvalue weighted by Crippen LogP contribution is -2.68. The van der Waals surface area contributed by atoms with E-state index in [2.05, 4.69) is 80.8 Å². The second-order valence-corrected chi connectivity index (χ2v) is 25.0. The summed E-state index contributed by atoms with van der Waals surface area (Å²) >= 11 is 0. The van der Waals surface area contributed by atoms with Crippen LogP contribution in [0.25, 0.3) is 11.0 Å². The summed E-state index contributed by atoms with van der Waals surface area (Å²) in [5, 5.41) is 25.3. The lowest BCUT2D eigenvalue weighted by Gasteiger charge is -2.70. The number of hydrogen-bond acceptors (Lipinski definition) is 6. The average Bonchev–Trinajstić information content (AvgIpc) is 4.02. The minimum atomic E-state index is -0.708. The number of nitrogens with zero attached hydrogens (tertiary/aromatic N) is 1. The van der Waals surface area contributed by atoms with Crippen molar-refractivity contribution in [2.75, 3.05) is 13.2 Å². The predicted octanol–water partition coefficient (Wildman–Crippen LogP) is 11.5. The van der Waals surface area contributed by atoms with Gasteiger partial charge in [-0.15, -0.1) is 0 Å². The number of epoxide rings is 1. The molecule has 2 saturated heterocycles. The number of allylic oxidation sites excluding steroid dienone is 1. The van der Waals surface area contributed by atoms with Gasteiger partial charge in [0.15, 0.2) is 5.78 Å². The Kier molecular flexibility index (Phi) is 11.2. The zero-order valence-electron chi connectivity index (χ0n) is 41.4. The van der Waals surface area contributed by atoms with E-state index in [-0.39, 0.29) is 57.4 Å². The summed E-state index contributed by atoms with van der Waals surface area (Å²) in [4.78, 5) is 33.0. The molecule has 4 heterocycles. The molecule has 11 atom stereocenters. The van der Waals surface area contributed by atoms with E-state index in [1.807, 2.05) is 13.8 Å². The molecule has 3 N–H and O–H groups in total. The SMILES string of the molecule is CC(CC(O)C1OC1(C)C)C1=C2C(Cn3cc(Cc4cc(C5CCCC5)cc(C5CCOCC5)c4)c4[nH]ccc43)C(O)C3C4(C)CCC(=O)C(C)(C5CCCC5)C4CCC3(C)C2(C)CC1=O. The number of nitrogens with one attached hydrogen (secondary N) is 1. The van der Waals surface area contributed by atoms with Gasteiger partial charge in [0.1, 0.15) is 11.9 Å². The minimum Gasteiger partial charge on any atom is -0.392 e. The van der Waals surface area contributed by atoms with E-state index in [1.165, 1.54) is 60.8 Å². The fraction of sp³-hybridized carbons (Fsp3) is 0.724. The summed E-state index contributed by atoms with van der Waals surface area (Å²) in [6.07, 6.45) is 19.7. The standard InChI is InChI=1S/C58H80N2O6/c1-34(26-44(61)53-54(2,3)66-53)48-45(62)31-57(6)49(48)42(51(64)52-55(4)21-17-47(63)58(7,41-14-10-11-15-41)46(55)16-22-56(52,57)5)33-60-32-40(50-43(60)18-23-59-50)29-35-27-38(36-12-8-9-13-36)30-39(28-35)37-19-24-65-25-20-37/h18,23,27-28,30,32,34,36-37,41-42,44,46,51-53,59,61,64H,8-17,19-22,24-26,29,31,33H2,1-7H3. The molecule has 2 aliphatic heterocycles. The molecule has 6 aliphatic carbocycles. The molecule has 7 fully saturated rings. The number of aliphatic hydroxyl groups excluding tert-OH is 2. The van der Waals surface area contributed by atoms with Crippen molar-refractivity contribution >= 4 is 22.6 Å². The number of hydrogen-bond donors (Lipinski definition) is 3. The van der Waals surface area contributed by atoms with Crippen LogP contribution in [-0.4, -0.2) is 68.5 Å². The Morgan fingerprint density at radius 2 is 1.55 bits per heavy atom. The van der Waals surface area contributed by atoms with Crippen LogP contribution in [0.15, 0.2) is 47.8 Å². The highest BCUT2D eigenvalue weighted by Gasteiger charge is 2.73. The van der Waals surface area contributed by atoms with E-state index in [0.29, 0.717) is 49.3 Å². The molecular weight excluding hydrogens is 821 g/mol. The van der Waals surface area contributed by atoms with Crippen LogP contribution in [0.4, 0.5) is 0 Å². The molecule has 1 aromatic carbocycles. The molecular formula is C58H80N2O6. The number of aliphatic hydroxyl groups is 2. The maximum atomic E-state index is 15.0. The zero-order chi connectivity index (χ0) is 46.1. The highest BCUT2D eigenvalue weighted by molar-refractivity contribution is 6.01. The molecule has 0 radical (unpaired) electrons. The van der Waals surface area contributed by atoms with Crippen molar-refractivity contribution in [3.8, 4) is 0 Å². The van der Waals surface area contributed by atoms with Crippen LogP contribution in [0.5, 0.6) is 0 Å². The van der Waals surface area contributed by atoms with E-state index in [0.717, 1.165) is 86.8 Å². The maximum Gasteiger partial charge on any atom is 0.160 e. The van der Waals surface area contributed by atoms with Gasteiger partial charge < -0.3 is 29.2 Å². The monoisotopic (exact) mass is 901 g/mol. The smallest absolute Gasteiger partial charge is 0.160 e. The van der Waals surface area contributed by atoms with Gasteiger partial charge in [0.25, 0.3) is 0 Å². The van der Waals surface area contributed by atoms with Crippen LogP contribution < -0.4 is 0 Å². The third-order valence-electron chi connectivity index (χ3n) is 21.2. The second-order valence-electron chi connectivity index (χ2n) is 25.0. The van der Waals surface area contributed by atoms with Gasteiger partial charge in [0.2, 0.25) is 0 Å². The van der Waals surface area contributed by atoms with Crippen molar-refractivity contribution in [3.05, 3.63) is 70.1 Å². The molecule has 8 heteroatoms. The fourth-order valence-electron chi connectivity index (χ4n) is 17.6. The van der Waals surface area contributed by atoms with Crippen LogP contribution in [-0.2, 0) is 32.0 Å². The molecule has 3 aromatic rings. The van der Waals surface area contributed by atoms with E-state index in [1.54, 1.807) is 0 Å². The van der Waals surface area contributed by atoms with Crippen LogP contribution in [0.3, 0.4) is 0 Å². The molecule has 358 valence electrons. The first-order valence-electron chi connectivity index (χ1n) is 26.7. The molecule has 0 bridgehead atoms. The van der Waals surface area contributed by atoms with Gasteiger partial charge in [0, 0.05) is 68.2 Å². The first kappa shape index (κ1) is 45.4. The lowest BCUT2D eigenvalue weighted by atomic mass is 9.34. The quantitative estimate of drug-likeness (QED) is 0.165. The number of rotatable bonds is 11. The second kappa shape index (κ2) is 16.3. The normalized spacial score (nSPS) is 38.2. The average molecular weight is 901 g/mol. The largest absolute Gasteiger partial charge is 0.392 e. The molecule has 8 nitrogen and oxygen atoms in total. The Labute approximate surface area is 394 Å². The number of H-pyrrole nitrogens is 1. The molecule has 5 saturated carbocycles. The van der Waals surface area contributed by atoms with Crippen LogP contribution in [0.1, 0.15) is 185 Å². The van der Waals surface area contributed by atoms with Crippen LogP contribution in [0, 0.1) is 51.2 Å². The first-order chi connectivity index (χ1) is 31.5. The summed E-state index contributed by atoms with van der Waals surface area (Å²) < 4.78 is 14.1. The number of aromatic nitrogens is 2. The van der Waals surface area contributed by atoms with E-state index in [4.69, 9.17) is 9.47 Å². The van der Waals surface area contributed by atoms with Gasteiger partial charge >= 0.3 is 0 Å². The number of carbonyl (C=O) groups excluding carboxylic acids is 2. The summed E-state index contributed by atoms with van der Waals surface area (Å²) in [5.41, 5.74) is 8.06. The lowest BCUT2D eigenvalue weighted by molar-refractivity contribution is -0.226. The van der Waals surface area contributed by atoms with E-state index >= 15 is 4.79 Å². The number of carbonyl (C=O) groups is 2. The molecule has 11 rings (SSSR count). The number of fused-ring (bicyclic) bond motifs is 6. The topological polar surface area (TPSA) is 117 Å². The van der Waals surface area contributed by atoms with Gasteiger partial charge in [-0.3, -0.25) is 9.59 Å². The summed E-state index contributed by atoms with van der Waals surface area (Å²) in [5.74, 6) is 1.83. The molecule has 2 aromatic heterocycles. The summed E-state index contributed by atoms with van der Waals surface area (Å²) in [6.45, 7) is 18.0. The maximum absolute atomic E-state index is 15.0. The Hall–Kier alpha value is -3.04. The van der Waals surface area contributed by atoms with E-state index in [9.17, 15) is 15.0 Å². The molecule has 11 unspecified atom stereocenters. The summed E-state index contributed by atoms with van der Waals surface area (Å²) in [7, 11) is 0. The van der Waals surface area contributed by atoms with Crippen molar-refractivity contribution < 1.29 is 29.3 Å². The highest BCUT2D eigenvalue weighted by Crippen LogP contribution is 2.76. The fourth-order valence-corrected chi connectivity index (χ4v) is 17.6. The van der Waals surface area contributed by atoms with Crippen LogP contribution >= 0.6 is 0 Å². The van der Waals surface area contributed by atoms with Crippen molar-refractivity contribution in [1.82, 2.24) is 9.55 Å².